The van der Waals surface area contributed by atoms with Crippen LogP contribution in [0.2, 0.25) is 0 Å². The number of hydrogen-bond donors (Lipinski definition) is 0. The fourth-order valence-electron chi connectivity index (χ4n) is 3.88. The highest BCUT2D eigenvalue weighted by atomic mass is 16.5. The molecule has 0 radical (unpaired) electrons. The number of anilines is 1. The molecule has 1 spiro atoms. The third-order valence-corrected chi connectivity index (χ3v) is 4.96. The normalized spacial score (nSPS) is 33.9. The van der Waals surface area contributed by atoms with E-state index in [9.17, 15) is 9.59 Å². The second-order valence-corrected chi connectivity index (χ2v) is 6.05. The van der Waals surface area contributed by atoms with Crippen molar-refractivity contribution in [2.45, 2.75) is 11.7 Å². The summed E-state index contributed by atoms with van der Waals surface area (Å²) in [5.41, 5.74) is 0.0456. The van der Waals surface area contributed by atoms with Crippen molar-refractivity contribution < 1.29 is 23.8 Å². The van der Waals surface area contributed by atoms with E-state index >= 15 is 0 Å². The van der Waals surface area contributed by atoms with Gasteiger partial charge in [0.25, 0.3) is 0 Å². The minimum atomic E-state index is -0.722. The maximum absolute atomic E-state index is 12.9. The molecular weight excluding hydrogens is 298 g/mol. The summed E-state index contributed by atoms with van der Waals surface area (Å²) in [6.45, 7) is 0.406. The van der Waals surface area contributed by atoms with Crippen LogP contribution in [0.3, 0.4) is 0 Å². The molecule has 23 heavy (non-hydrogen) atoms. The minimum Gasteiger partial charge on any atom is -0.497 e. The molecule has 3 heterocycles. The molecule has 0 unspecified atom stereocenters. The van der Waals surface area contributed by atoms with E-state index in [0.29, 0.717) is 6.54 Å². The van der Waals surface area contributed by atoms with E-state index in [1.54, 1.807) is 24.1 Å². The summed E-state index contributed by atoms with van der Waals surface area (Å²) in [4.78, 5) is 26.7. The van der Waals surface area contributed by atoms with Crippen molar-refractivity contribution >= 4 is 17.6 Å². The van der Waals surface area contributed by atoms with Gasteiger partial charge in [0.15, 0.2) is 0 Å². The molecule has 0 aliphatic carbocycles. The van der Waals surface area contributed by atoms with Crippen LogP contribution in [-0.2, 0) is 19.1 Å². The van der Waals surface area contributed by atoms with Crippen molar-refractivity contribution in [2.75, 3.05) is 25.7 Å². The Morgan fingerprint density at radius 3 is 2.70 bits per heavy atom. The Hall–Kier alpha value is -2.34. The Labute approximate surface area is 133 Å². The van der Waals surface area contributed by atoms with Gasteiger partial charge in [-0.1, -0.05) is 12.2 Å². The number of ether oxygens (including phenoxy) is 3. The highest BCUT2D eigenvalue weighted by molar-refractivity contribution is 6.02. The first kappa shape index (κ1) is 14.3. The fraction of sp³-hybridized carbons (Fsp3) is 0.412. The number of carbonyl (C=O) groups excluding carboxylic acids is 2. The van der Waals surface area contributed by atoms with E-state index in [4.69, 9.17) is 14.2 Å². The highest BCUT2D eigenvalue weighted by Gasteiger charge is 2.67. The minimum absolute atomic E-state index is 0.0996. The SMILES string of the molecule is COC(=O)[C@H]1[C@@H]2C=C[C@@]3(CN(c4ccc(OC)cc4)C(=O)[C@@H]13)O2. The molecule has 0 aromatic heterocycles. The van der Waals surface area contributed by atoms with Gasteiger partial charge in [-0.15, -0.1) is 0 Å². The molecule has 4 rings (SSSR count). The van der Waals surface area contributed by atoms with E-state index in [1.165, 1.54) is 7.11 Å². The first-order chi connectivity index (χ1) is 11.1. The van der Waals surface area contributed by atoms with Gasteiger partial charge >= 0.3 is 5.97 Å². The zero-order valence-electron chi connectivity index (χ0n) is 12.9. The predicted molar refractivity (Wildman–Crippen MR) is 81.1 cm³/mol. The van der Waals surface area contributed by atoms with Gasteiger partial charge in [0, 0.05) is 5.69 Å². The van der Waals surface area contributed by atoms with Crippen molar-refractivity contribution in [3.63, 3.8) is 0 Å². The second kappa shape index (κ2) is 4.83. The third kappa shape index (κ3) is 1.84. The molecule has 1 aromatic rings. The maximum atomic E-state index is 12.9. The van der Waals surface area contributed by atoms with Crippen LogP contribution in [0.25, 0.3) is 0 Å². The number of benzene rings is 1. The molecule has 0 saturated carbocycles. The number of hydrogen-bond acceptors (Lipinski definition) is 5. The number of nitrogens with zero attached hydrogens (tertiary/aromatic N) is 1. The standard InChI is InChI=1S/C17H17NO5/c1-21-11-5-3-10(4-6-11)18-9-17-8-7-12(23-17)13(16(20)22-2)14(17)15(18)19/h3-8,12-14H,9H2,1-2H3/t12-,13-,14+,17-/m0/s1. The molecule has 4 atom stereocenters. The van der Waals surface area contributed by atoms with Crippen molar-refractivity contribution in [1.82, 2.24) is 0 Å². The Kier molecular flexibility index (Phi) is 2.99. The zero-order chi connectivity index (χ0) is 16.2. The summed E-state index contributed by atoms with van der Waals surface area (Å²) in [5.74, 6) is -0.857. The summed E-state index contributed by atoms with van der Waals surface area (Å²) < 4.78 is 16.0. The highest BCUT2D eigenvalue weighted by Crippen LogP contribution is 2.52. The quantitative estimate of drug-likeness (QED) is 0.618. The van der Waals surface area contributed by atoms with Gasteiger partial charge in [0.1, 0.15) is 17.3 Å². The molecule has 2 fully saturated rings. The van der Waals surface area contributed by atoms with Crippen LogP contribution >= 0.6 is 0 Å². The summed E-state index contributed by atoms with van der Waals surface area (Å²) in [6.07, 6.45) is 3.42. The number of fused-ring (bicyclic) bond motifs is 1. The lowest BCUT2D eigenvalue weighted by atomic mass is 9.77. The molecule has 6 heteroatoms. The van der Waals surface area contributed by atoms with Gasteiger partial charge in [-0.2, -0.15) is 0 Å². The smallest absolute Gasteiger partial charge is 0.312 e. The Balaban J connectivity index is 1.68. The lowest BCUT2D eigenvalue weighted by Crippen LogP contribution is -2.39. The summed E-state index contributed by atoms with van der Waals surface area (Å²) in [6, 6.07) is 7.27. The molecular formula is C17H17NO5. The Morgan fingerprint density at radius 1 is 1.30 bits per heavy atom. The van der Waals surface area contributed by atoms with Crippen molar-refractivity contribution in [3.8, 4) is 5.75 Å². The van der Waals surface area contributed by atoms with Crippen molar-refractivity contribution in [1.29, 1.82) is 0 Å². The van der Waals surface area contributed by atoms with E-state index in [2.05, 4.69) is 0 Å². The molecule has 3 aliphatic rings. The van der Waals surface area contributed by atoms with E-state index < -0.39 is 23.4 Å². The summed E-state index contributed by atoms with van der Waals surface area (Å²) in [7, 11) is 2.93. The lowest BCUT2D eigenvalue weighted by Gasteiger charge is -2.22. The Morgan fingerprint density at radius 2 is 2.04 bits per heavy atom. The van der Waals surface area contributed by atoms with Crippen LogP contribution in [-0.4, -0.2) is 44.3 Å². The third-order valence-electron chi connectivity index (χ3n) is 4.96. The first-order valence-corrected chi connectivity index (χ1v) is 7.50. The van der Waals surface area contributed by atoms with Crippen LogP contribution < -0.4 is 9.64 Å². The Bertz CT molecular complexity index is 697. The van der Waals surface area contributed by atoms with Gasteiger partial charge in [0.05, 0.1) is 32.8 Å². The van der Waals surface area contributed by atoms with Crippen LogP contribution in [0.1, 0.15) is 0 Å². The van der Waals surface area contributed by atoms with Gasteiger partial charge in [-0.3, -0.25) is 9.59 Å². The number of amides is 1. The monoisotopic (exact) mass is 315 g/mol. The average Bonchev–Trinajstić information content (AvgIpc) is 3.22. The van der Waals surface area contributed by atoms with Crippen LogP contribution in [0.5, 0.6) is 5.75 Å². The summed E-state index contributed by atoms with van der Waals surface area (Å²) >= 11 is 0. The lowest BCUT2D eigenvalue weighted by molar-refractivity contribution is -0.149. The predicted octanol–water partition coefficient (Wildman–Crippen LogP) is 1.15. The molecule has 1 aromatic carbocycles. The number of rotatable bonds is 3. The van der Waals surface area contributed by atoms with E-state index in [-0.39, 0.29) is 12.0 Å². The van der Waals surface area contributed by atoms with Crippen LogP contribution in [0.15, 0.2) is 36.4 Å². The van der Waals surface area contributed by atoms with Gasteiger partial charge < -0.3 is 19.1 Å². The van der Waals surface area contributed by atoms with Crippen LogP contribution in [0, 0.1) is 11.8 Å². The number of carbonyl (C=O) groups is 2. The molecule has 2 bridgehead atoms. The second-order valence-electron chi connectivity index (χ2n) is 6.05. The summed E-state index contributed by atoms with van der Waals surface area (Å²) in [5, 5.41) is 0. The van der Waals surface area contributed by atoms with Gasteiger partial charge in [0.2, 0.25) is 5.91 Å². The molecule has 0 N–H and O–H groups in total. The molecule has 120 valence electrons. The molecule has 3 aliphatic heterocycles. The molecule has 1 amide bonds. The van der Waals surface area contributed by atoms with Crippen molar-refractivity contribution in [3.05, 3.63) is 36.4 Å². The maximum Gasteiger partial charge on any atom is 0.312 e. The van der Waals surface area contributed by atoms with E-state index in [0.717, 1.165) is 11.4 Å². The number of esters is 1. The average molecular weight is 315 g/mol. The molecule has 2 saturated heterocycles. The fourth-order valence-corrected chi connectivity index (χ4v) is 3.88. The first-order valence-electron chi connectivity index (χ1n) is 7.50. The van der Waals surface area contributed by atoms with E-state index in [1.807, 2.05) is 24.3 Å². The largest absolute Gasteiger partial charge is 0.497 e. The topological polar surface area (TPSA) is 65.1 Å². The zero-order valence-corrected chi connectivity index (χ0v) is 12.9. The van der Waals surface area contributed by atoms with Gasteiger partial charge in [-0.25, -0.2) is 0 Å². The van der Waals surface area contributed by atoms with Crippen LogP contribution in [0.4, 0.5) is 5.69 Å². The number of methoxy groups -OCH3 is 2. The van der Waals surface area contributed by atoms with Crippen molar-refractivity contribution in [2.24, 2.45) is 11.8 Å². The molecule has 6 nitrogen and oxygen atoms in total. The van der Waals surface area contributed by atoms with Gasteiger partial charge in [-0.05, 0) is 24.3 Å².